The minimum atomic E-state index is -0.910. The van der Waals surface area contributed by atoms with Crippen molar-refractivity contribution < 1.29 is 24.2 Å². The van der Waals surface area contributed by atoms with Gasteiger partial charge in [0.15, 0.2) is 0 Å². The number of esters is 1. The SMILES string of the molecule is CCOC(=O)CCc1ccc(C2CCN(C(=O)O)CC2OCc2ccc3ccccc3c2)cc1. The van der Waals surface area contributed by atoms with Gasteiger partial charge in [0.25, 0.3) is 0 Å². The van der Waals surface area contributed by atoms with Crippen molar-refractivity contribution in [3.63, 3.8) is 0 Å². The Hall–Kier alpha value is -3.38. The van der Waals surface area contributed by atoms with Crippen molar-refractivity contribution in [3.05, 3.63) is 83.4 Å². The molecule has 1 fully saturated rings. The molecule has 4 rings (SSSR count). The van der Waals surface area contributed by atoms with E-state index in [1.54, 1.807) is 6.92 Å². The molecular formula is C28H31NO5. The summed E-state index contributed by atoms with van der Waals surface area (Å²) >= 11 is 0. The molecule has 1 saturated heterocycles. The van der Waals surface area contributed by atoms with Crippen molar-refractivity contribution in [1.29, 1.82) is 0 Å². The van der Waals surface area contributed by atoms with E-state index < -0.39 is 6.09 Å². The van der Waals surface area contributed by atoms with Crippen LogP contribution in [0.5, 0.6) is 0 Å². The van der Waals surface area contributed by atoms with Gasteiger partial charge in [-0.3, -0.25) is 4.79 Å². The first-order valence-electron chi connectivity index (χ1n) is 11.8. The number of fused-ring (bicyclic) bond motifs is 1. The zero-order valence-corrected chi connectivity index (χ0v) is 19.5. The van der Waals surface area contributed by atoms with Crippen LogP contribution in [0.25, 0.3) is 10.8 Å². The fourth-order valence-electron chi connectivity index (χ4n) is 4.58. The van der Waals surface area contributed by atoms with Crippen LogP contribution < -0.4 is 0 Å². The van der Waals surface area contributed by atoms with Gasteiger partial charge in [-0.1, -0.05) is 60.7 Å². The molecule has 1 aliphatic heterocycles. The topological polar surface area (TPSA) is 76.1 Å². The number of benzene rings is 3. The number of hydrogen-bond acceptors (Lipinski definition) is 4. The number of carbonyl (C=O) groups is 2. The van der Waals surface area contributed by atoms with E-state index in [4.69, 9.17) is 9.47 Å². The predicted molar refractivity (Wildman–Crippen MR) is 131 cm³/mol. The molecule has 2 atom stereocenters. The fraction of sp³-hybridized carbons (Fsp3) is 0.357. The average molecular weight is 462 g/mol. The largest absolute Gasteiger partial charge is 0.466 e. The van der Waals surface area contributed by atoms with Crippen molar-refractivity contribution in [2.75, 3.05) is 19.7 Å². The molecule has 1 N–H and O–H groups in total. The molecular weight excluding hydrogens is 430 g/mol. The molecule has 34 heavy (non-hydrogen) atoms. The summed E-state index contributed by atoms with van der Waals surface area (Å²) in [6, 6.07) is 22.7. The summed E-state index contributed by atoms with van der Waals surface area (Å²) < 4.78 is 11.3. The normalized spacial score (nSPS) is 18.1. The maximum absolute atomic E-state index is 11.6. The first-order valence-corrected chi connectivity index (χ1v) is 11.8. The van der Waals surface area contributed by atoms with Gasteiger partial charge in [0.05, 0.1) is 25.9 Å². The standard InChI is InChI=1S/C28H31NO5/c1-2-33-27(30)14-10-20-7-12-23(13-8-20)25-15-16-29(28(31)32)18-26(25)34-19-21-9-11-22-5-3-4-6-24(22)17-21/h3-9,11-13,17,25-26H,2,10,14-16,18-19H2,1H3,(H,31,32). The first kappa shape index (κ1) is 23.8. The Morgan fingerprint density at radius 2 is 1.74 bits per heavy atom. The minimum Gasteiger partial charge on any atom is -0.466 e. The molecule has 0 aromatic heterocycles. The van der Waals surface area contributed by atoms with Gasteiger partial charge in [0.2, 0.25) is 0 Å². The summed E-state index contributed by atoms with van der Waals surface area (Å²) in [6.07, 6.45) is 0.561. The number of nitrogens with zero attached hydrogens (tertiary/aromatic N) is 1. The zero-order chi connectivity index (χ0) is 23.9. The van der Waals surface area contributed by atoms with Crippen molar-refractivity contribution in [3.8, 4) is 0 Å². The number of carboxylic acid groups (broad SMARTS) is 1. The van der Waals surface area contributed by atoms with Crippen molar-refractivity contribution >= 4 is 22.8 Å². The monoisotopic (exact) mass is 461 g/mol. The van der Waals surface area contributed by atoms with Crippen LogP contribution in [-0.4, -0.2) is 47.9 Å². The predicted octanol–water partition coefficient (Wildman–Crippen LogP) is 5.39. The van der Waals surface area contributed by atoms with Gasteiger partial charge in [-0.15, -0.1) is 0 Å². The number of aryl methyl sites for hydroxylation is 1. The lowest BCUT2D eigenvalue weighted by molar-refractivity contribution is -0.143. The van der Waals surface area contributed by atoms with E-state index in [9.17, 15) is 14.7 Å². The summed E-state index contributed by atoms with van der Waals surface area (Å²) in [7, 11) is 0. The third-order valence-electron chi connectivity index (χ3n) is 6.44. The van der Waals surface area contributed by atoms with Gasteiger partial charge < -0.3 is 19.5 Å². The smallest absolute Gasteiger partial charge is 0.407 e. The number of rotatable bonds is 8. The highest BCUT2D eigenvalue weighted by Gasteiger charge is 2.33. The lowest BCUT2D eigenvalue weighted by Crippen LogP contribution is -2.46. The molecule has 2 unspecified atom stereocenters. The molecule has 0 saturated carbocycles. The highest BCUT2D eigenvalue weighted by Crippen LogP contribution is 2.32. The van der Waals surface area contributed by atoms with E-state index >= 15 is 0 Å². The van der Waals surface area contributed by atoms with E-state index in [-0.39, 0.29) is 18.0 Å². The molecule has 3 aromatic carbocycles. The van der Waals surface area contributed by atoms with Crippen LogP contribution >= 0.6 is 0 Å². The third kappa shape index (κ3) is 5.94. The Bertz CT molecular complexity index is 1130. The Morgan fingerprint density at radius 1 is 1.00 bits per heavy atom. The van der Waals surface area contributed by atoms with Gasteiger partial charge in [-0.25, -0.2) is 4.79 Å². The van der Waals surface area contributed by atoms with Gasteiger partial charge in [-0.05, 0) is 53.3 Å². The van der Waals surface area contributed by atoms with Crippen LogP contribution in [0.1, 0.15) is 42.4 Å². The second-order valence-corrected chi connectivity index (χ2v) is 8.70. The van der Waals surface area contributed by atoms with Crippen molar-refractivity contribution in [2.45, 2.75) is 44.8 Å². The zero-order valence-electron chi connectivity index (χ0n) is 19.5. The minimum absolute atomic E-state index is 0.107. The Kier molecular flexibility index (Phi) is 7.80. The van der Waals surface area contributed by atoms with Crippen molar-refractivity contribution in [2.24, 2.45) is 0 Å². The van der Waals surface area contributed by atoms with Crippen LogP contribution in [0, 0.1) is 0 Å². The van der Waals surface area contributed by atoms with E-state index in [2.05, 4.69) is 42.5 Å². The van der Waals surface area contributed by atoms with E-state index in [1.165, 1.54) is 10.3 Å². The molecule has 1 heterocycles. The van der Waals surface area contributed by atoms with Crippen LogP contribution in [0.3, 0.4) is 0 Å². The first-order chi connectivity index (χ1) is 16.5. The summed E-state index contributed by atoms with van der Waals surface area (Å²) in [5, 5.41) is 11.9. The van der Waals surface area contributed by atoms with Crippen LogP contribution in [0.2, 0.25) is 0 Å². The molecule has 1 amide bonds. The van der Waals surface area contributed by atoms with E-state index in [0.717, 1.165) is 22.1 Å². The van der Waals surface area contributed by atoms with Crippen LogP contribution in [-0.2, 0) is 27.3 Å². The summed E-state index contributed by atoms with van der Waals surface area (Å²) in [5.41, 5.74) is 3.28. The number of carbonyl (C=O) groups excluding carboxylic acids is 1. The van der Waals surface area contributed by atoms with Crippen LogP contribution in [0.4, 0.5) is 4.79 Å². The van der Waals surface area contributed by atoms with Gasteiger partial charge in [0, 0.05) is 18.9 Å². The molecule has 1 aliphatic rings. The lowest BCUT2D eigenvalue weighted by Gasteiger charge is -2.37. The second kappa shape index (κ2) is 11.2. The Balaban J connectivity index is 1.45. The highest BCUT2D eigenvalue weighted by atomic mass is 16.5. The summed E-state index contributed by atoms with van der Waals surface area (Å²) in [4.78, 5) is 24.7. The van der Waals surface area contributed by atoms with Gasteiger partial charge in [-0.2, -0.15) is 0 Å². The van der Waals surface area contributed by atoms with E-state index in [0.29, 0.717) is 45.6 Å². The number of likely N-dealkylation sites (tertiary alicyclic amines) is 1. The maximum atomic E-state index is 11.6. The fourth-order valence-corrected chi connectivity index (χ4v) is 4.58. The maximum Gasteiger partial charge on any atom is 0.407 e. The number of ether oxygens (including phenoxy) is 2. The number of hydrogen-bond donors (Lipinski definition) is 1. The number of piperidine rings is 1. The molecule has 6 nitrogen and oxygen atoms in total. The molecule has 0 bridgehead atoms. The summed E-state index contributed by atoms with van der Waals surface area (Å²) in [6.45, 7) is 3.46. The Morgan fingerprint density at radius 3 is 2.47 bits per heavy atom. The molecule has 0 radical (unpaired) electrons. The molecule has 178 valence electrons. The van der Waals surface area contributed by atoms with Gasteiger partial charge in [0.1, 0.15) is 0 Å². The lowest BCUT2D eigenvalue weighted by atomic mass is 9.86. The molecule has 0 aliphatic carbocycles. The van der Waals surface area contributed by atoms with Gasteiger partial charge >= 0.3 is 12.1 Å². The van der Waals surface area contributed by atoms with Crippen molar-refractivity contribution in [1.82, 2.24) is 4.90 Å². The Labute approximate surface area is 200 Å². The highest BCUT2D eigenvalue weighted by molar-refractivity contribution is 5.82. The third-order valence-corrected chi connectivity index (χ3v) is 6.44. The summed E-state index contributed by atoms with van der Waals surface area (Å²) in [5.74, 6) is -0.0788. The quantitative estimate of drug-likeness (QED) is 0.455. The average Bonchev–Trinajstić information content (AvgIpc) is 2.86. The number of amides is 1. The molecule has 6 heteroatoms. The van der Waals surface area contributed by atoms with E-state index in [1.807, 2.05) is 24.3 Å². The molecule has 0 spiro atoms. The molecule has 3 aromatic rings. The van der Waals surface area contributed by atoms with Crippen LogP contribution in [0.15, 0.2) is 66.7 Å². The second-order valence-electron chi connectivity index (χ2n) is 8.70.